The highest BCUT2D eigenvalue weighted by Gasteiger charge is 2.29. The number of likely N-dealkylation sites (tertiary alicyclic amines) is 1. The first-order valence-corrected chi connectivity index (χ1v) is 10.8. The molecule has 0 saturated carbocycles. The number of hydrogen-bond donors (Lipinski definition) is 3. The van der Waals surface area contributed by atoms with Crippen LogP contribution in [-0.4, -0.2) is 53.2 Å². The van der Waals surface area contributed by atoms with Crippen LogP contribution in [0.3, 0.4) is 0 Å². The van der Waals surface area contributed by atoms with E-state index in [0.29, 0.717) is 30.7 Å². The molecule has 3 N–H and O–H groups in total. The van der Waals surface area contributed by atoms with E-state index >= 15 is 0 Å². The number of ether oxygens (including phenoxy) is 1. The van der Waals surface area contributed by atoms with Gasteiger partial charge in [-0.05, 0) is 68.7 Å². The van der Waals surface area contributed by atoms with E-state index in [1.165, 1.54) is 12.1 Å². The number of aliphatic hydroxyl groups is 1. The highest BCUT2D eigenvalue weighted by molar-refractivity contribution is 5.94. The number of rotatable bonds is 6. The lowest BCUT2D eigenvalue weighted by atomic mass is 10.1. The first kappa shape index (κ1) is 23.5. The van der Waals surface area contributed by atoms with Crippen molar-refractivity contribution < 1.29 is 23.8 Å². The number of hydrogen-bond acceptors (Lipinski definition) is 4. The quantitative estimate of drug-likeness (QED) is 0.640. The first-order chi connectivity index (χ1) is 15.3. The van der Waals surface area contributed by atoms with Crippen LogP contribution in [0.2, 0.25) is 0 Å². The SMILES string of the molecule is CC(C)NC(=O)N1CCCC(O)C(NC(=O)c2ccc(OCc3ccc(F)cc3)cc2)C1. The fraction of sp³-hybridized carbons (Fsp3) is 0.417. The zero-order chi connectivity index (χ0) is 23.1. The predicted molar refractivity (Wildman–Crippen MR) is 119 cm³/mol. The Morgan fingerprint density at radius 1 is 1.16 bits per heavy atom. The normalized spacial score (nSPS) is 18.7. The highest BCUT2D eigenvalue weighted by atomic mass is 19.1. The molecule has 2 unspecified atom stereocenters. The van der Waals surface area contributed by atoms with Crippen LogP contribution < -0.4 is 15.4 Å². The summed E-state index contributed by atoms with van der Waals surface area (Å²) in [6, 6.07) is 12.0. The van der Waals surface area contributed by atoms with Crippen molar-refractivity contribution in [3.05, 3.63) is 65.5 Å². The molecule has 0 aliphatic carbocycles. The summed E-state index contributed by atoms with van der Waals surface area (Å²) < 4.78 is 18.7. The summed E-state index contributed by atoms with van der Waals surface area (Å²) >= 11 is 0. The predicted octanol–water partition coefficient (Wildman–Crippen LogP) is 3.08. The molecule has 0 bridgehead atoms. The third-order valence-electron chi connectivity index (χ3n) is 5.26. The van der Waals surface area contributed by atoms with Gasteiger partial charge in [0.2, 0.25) is 0 Å². The van der Waals surface area contributed by atoms with E-state index in [4.69, 9.17) is 4.74 Å². The van der Waals surface area contributed by atoms with Crippen LogP contribution >= 0.6 is 0 Å². The van der Waals surface area contributed by atoms with Gasteiger partial charge in [-0.3, -0.25) is 4.79 Å². The van der Waals surface area contributed by atoms with Gasteiger partial charge in [-0.15, -0.1) is 0 Å². The zero-order valence-electron chi connectivity index (χ0n) is 18.4. The average molecular weight is 444 g/mol. The first-order valence-electron chi connectivity index (χ1n) is 10.8. The smallest absolute Gasteiger partial charge is 0.317 e. The molecule has 2 aromatic rings. The van der Waals surface area contributed by atoms with Crippen molar-refractivity contribution in [2.45, 2.75) is 51.5 Å². The van der Waals surface area contributed by atoms with Crippen molar-refractivity contribution in [1.29, 1.82) is 0 Å². The van der Waals surface area contributed by atoms with Crippen molar-refractivity contribution in [3.63, 3.8) is 0 Å². The third kappa shape index (κ3) is 6.68. The topological polar surface area (TPSA) is 90.9 Å². The van der Waals surface area contributed by atoms with Gasteiger partial charge in [-0.2, -0.15) is 0 Å². The molecule has 7 nitrogen and oxygen atoms in total. The monoisotopic (exact) mass is 443 g/mol. The number of carbonyl (C=O) groups is 2. The van der Waals surface area contributed by atoms with Crippen LogP contribution in [-0.2, 0) is 6.61 Å². The molecule has 0 aromatic heterocycles. The number of nitrogens with one attached hydrogen (secondary N) is 2. The molecule has 0 radical (unpaired) electrons. The minimum absolute atomic E-state index is 0.00695. The molecule has 2 aromatic carbocycles. The van der Waals surface area contributed by atoms with E-state index in [9.17, 15) is 19.1 Å². The summed E-state index contributed by atoms with van der Waals surface area (Å²) in [5.41, 5.74) is 1.26. The minimum atomic E-state index is -0.728. The van der Waals surface area contributed by atoms with E-state index in [1.807, 2.05) is 13.8 Å². The molecule has 0 spiro atoms. The molecule has 32 heavy (non-hydrogen) atoms. The zero-order valence-corrected chi connectivity index (χ0v) is 18.4. The van der Waals surface area contributed by atoms with Crippen molar-refractivity contribution in [1.82, 2.24) is 15.5 Å². The molecule has 172 valence electrons. The number of benzene rings is 2. The maximum Gasteiger partial charge on any atom is 0.317 e. The minimum Gasteiger partial charge on any atom is -0.489 e. The van der Waals surface area contributed by atoms with Gasteiger partial charge in [-0.25, -0.2) is 9.18 Å². The number of aliphatic hydroxyl groups excluding tert-OH is 1. The molecule has 1 fully saturated rings. The highest BCUT2D eigenvalue weighted by Crippen LogP contribution is 2.16. The van der Waals surface area contributed by atoms with Crippen molar-refractivity contribution in [2.24, 2.45) is 0 Å². The number of nitrogens with zero attached hydrogens (tertiary/aromatic N) is 1. The summed E-state index contributed by atoms with van der Waals surface area (Å²) in [6.07, 6.45) is 0.445. The van der Waals surface area contributed by atoms with Gasteiger partial charge >= 0.3 is 6.03 Å². The third-order valence-corrected chi connectivity index (χ3v) is 5.26. The standard InChI is InChI=1S/C24H30FN3O4/c1-16(2)26-24(31)28-13-3-4-22(29)21(14-28)27-23(30)18-7-11-20(12-8-18)32-15-17-5-9-19(25)10-6-17/h5-12,16,21-22,29H,3-4,13-15H2,1-2H3,(H,26,31)(H,27,30). The number of carbonyl (C=O) groups excluding carboxylic acids is 2. The van der Waals surface area contributed by atoms with Gasteiger partial charge in [0.25, 0.3) is 5.91 Å². The Balaban J connectivity index is 1.57. The van der Waals surface area contributed by atoms with Crippen LogP contribution in [0.1, 0.15) is 42.6 Å². The number of halogens is 1. The molecule has 2 atom stereocenters. The molecule has 1 aliphatic rings. The van der Waals surface area contributed by atoms with E-state index in [0.717, 1.165) is 5.56 Å². The second kappa shape index (κ2) is 10.9. The largest absolute Gasteiger partial charge is 0.489 e. The van der Waals surface area contributed by atoms with Crippen LogP contribution in [0.15, 0.2) is 48.5 Å². The maximum absolute atomic E-state index is 13.0. The molecule has 1 aliphatic heterocycles. The van der Waals surface area contributed by atoms with Crippen molar-refractivity contribution in [2.75, 3.05) is 13.1 Å². The Hall–Kier alpha value is -3.13. The summed E-state index contributed by atoms with van der Waals surface area (Å²) in [5.74, 6) is -0.0475. The molecule has 1 heterocycles. The lowest BCUT2D eigenvalue weighted by Gasteiger charge is -2.28. The Morgan fingerprint density at radius 2 is 1.84 bits per heavy atom. The fourth-order valence-electron chi connectivity index (χ4n) is 3.51. The van der Waals surface area contributed by atoms with E-state index in [1.54, 1.807) is 41.3 Å². The van der Waals surface area contributed by atoms with Crippen molar-refractivity contribution >= 4 is 11.9 Å². The molecular formula is C24H30FN3O4. The van der Waals surface area contributed by atoms with E-state index in [-0.39, 0.29) is 36.9 Å². The lowest BCUT2D eigenvalue weighted by Crippen LogP contribution is -2.52. The summed E-state index contributed by atoms with van der Waals surface area (Å²) in [7, 11) is 0. The Kier molecular flexibility index (Phi) is 8.05. The molecule has 1 saturated heterocycles. The lowest BCUT2D eigenvalue weighted by molar-refractivity contribution is 0.0808. The van der Waals surface area contributed by atoms with Crippen LogP contribution in [0, 0.1) is 5.82 Å². The van der Waals surface area contributed by atoms with E-state index in [2.05, 4.69) is 10.6 Å². The average Bonchev–Trinajstić information content (AvgIpc) is 2.95. The summed E-state index contributed by atoms with van der Waals surface area (Å²) in [5, 5.41) is 16.2. The molecule has 3 amide bonds. The fourth-order valence-corrected chi connectivity index (χ4v) is 3.51. The summed E-state index contributed by atoms with van der Waals surface area (Å²) in [4.78, 5) is 26.7. The van der Waals surface area contributed by atoms with Gasteiger partial charge in [0.15, 0.2) is 0 Å². The van der Waals surface area contributed by atoms with Crippen LogP contribution in [0.5, 0.6) is 5.75 Å². The second-order valence-corrected chi connectivity index (χ2v) is 8.28. The molecule has 8 heteroatoms. The van der Waals surface area contributed by atoms with Crippen LogP contribution in [0.25, 0.3) is 0 Å². The second-order valence-electron chi connectivity index (χ2n) is 8.28. The van der Waals surface area contributed by atoms with Gasteiger partial charge < -0.3 is 25.4 Å². The van der Waals surface area contributed by atoms with Gasteiger partial charge in [-0.1, -0.05) is 12.1 Å². The summed E-state index contributed by atoms with van der Waals surface area (Å²) in [6.45, 7) is 4.83. The van der Waals surface area contributed by atoms with Gasteiger partial charge in [0, 0.05) is 24.7 Å². The Morgan fingerprint density at radius 3 is 2.50 bits per heavy atom. The van der Waals surface area contributed by atoms with Gasteiger partial charge in [0.1, 0.15) is 18.2 Å². The maximum atomic E-state index is 13.0. The molecule has 3 rings (SSSR count). The molecular weight excluding hydrogens is 413 g/mol. The van der Waals surface area contributed by atoms with Gasteiger partial charge in [0.05, 0.1) is 12.1 Å². The van der Waals surface area contributed by atoms with Crippen molar-refractivity contribution in [3.8, 4) is 5.75 Å². The Labute approximate surface area is 187 Å². The number of amides is 3. The van der Waals surface area contributed by atoms with E-state index < -0.39 is 12.1 Å². The van der Waals surface area contributed by atoms with Crippen LogP contribution in [0.4, 0.5) is 9.18 Å². The Bertz CT molecular complexity index is 902. The number of urea groups is 1.